The Balaban J connectivity index is 1.68. The van der Waals surface area contributed by atoms with E-state index in [2.05, 4.69) is 4.90 Å². The molecule has 1 aliphatic heterocycles. The fraction of sp³-hybridized carbons (Fsp3) is 0.409. The zero-order chi connectivity index (χ0) is 20.1. The zero-order valence-corrected chi connectivity index (χ0v) is 16.0. The number of piperidine rings is 1. The molecular formula is C22H25F3N2O. The van der Waals surface area contributed by atoms with Crippen molar-refractivity contribution in [3.63, 3.8) is 0 Å². The summed E-state index contributed by atoms with van der Waals surface area (Å²) in [7, 11) is 0. The lowest BCUT2D eigenvalue weighted by atomic mass is 10.0. The summed E-state index contributed by atoms with van der Waals surface area (Å²) in [6.45, 7) is 3.65. The Morgan fingerprint density at radius 1 is 1.07 bits per heavy atom. The predicted molar refractivity (Wildman–Crippen MR) is 103 cm³/mol. The van der Waals surface area contributed by atoms with Crippen molar-refractivity contribution in [1.29, 1.82) is 0 Å². The van der Waals surface area contributed by atoms with Gasteiger partial charge >= 0.3 is 0 Å². The summed E-state index contributed by atoms with van der Waals surface area (Å²) in [6, 6.07) is 10.2. The van der Waals surface area contributed by atoms with Crippen LogP contribution in [0.2, 0.25) is 0 Å². The van der Waals surface area contributed by atoms with Crippen LogP contribution in [0.5, 0.6) is 0 Å². The first-order valence-electron chi connectivity index (χ1n) is 9.72. The molecule has 1 aliphatic rings. The van der Waals surface area contributed by atoms with Crippen LogP contribution < -0.4 is 4.90 Å². The molecule has 28 heavy (non-hydrogen) atoms. The van der Waals surface area contributed by atoms with Crippen LogP contribution in [0.15, 0.2) is 42.5 Å². The molecule has 1 saturated heterocycles. The Hall–Kier alpha value is -2.34. The number of benzene rings is 2. The third-order valence-electron chi connectivity index (χ3n) is 5.19. The second-order valence-electron chi connectivity index (χ2n) is 7.21. The Bertz CT molecular complexity index is 802. The normalized spacial score (nSPS) is 15.6. The number of likely N-dealkylation sites (tertiary alicyclic amines) is 1. The van der Waals surface area contributed by atoms with E-state index in [9.17, 15) is 18.0 Å². The third-order valence-corrected chi connectivity index (χ3v) is 5.19. The fourth-order valence-corrected chi connectivity index (χ4v) is 3.74. The van der Waals surface area contributed by atoms with Gasteiger partial charge in [-0.3, -0.25) is 9.69 Å². The number of halogens is 3. The van der Waals surface area contributed by atoms with E-state index in [0.717, 1.165) is 25.3 Å². The average molecular weight is 390 g/mol. The van der Waals surface area contributed by atoms with E-state index in [1.165, 1.54) is 18.2 Å². The maximum atomic E-state index is 13.9. The van der Waals surface area contributed by atoms with Crippen molar-refractivity contribution in [2.24, 2.45) is 0 Å². The number of nitrogens with zero attached hydrogens (tertiary/aromatic N) is 2. The molecule has 1 heterocycles. The van der Waals surface area contributed by atoms with Gasteiger partial charge in [0.05, 0.1) is 0 Å². The highest BCUT2D eigenvalue weighted by Gasteiger charge is 2.29. The monoisotopic (exact) mass is 390 g/mol. The minimum atomic E-state index is -0.833. The topological polar surface area (TPSA) is 23.6 Å². The standard InChI is InChI=1S/C22H25F3N2O/c1-2-4-21(28)27(18-9-7-17(23)8-10-18)19-11-13-26(14-12-19)15-16-5-3-6-20(24)22(16)25/h3,5-10,19H,2,4,11-15H2,1H3. The second kappa shape index (κ2) is 9.24. The van der Waals surface area contributed by atoms with E-state index in [-0.39, 0.29) is 17.8 Å². The van der Waals surface area contributed by atoms with Crippen molar-refractivity contribution >= 4 is 11.6 Å². The maximum Gasteiger partial charge on any atom is 0.227 e. The van der Waals surface area contributed by atoms with Crippen LogP contribution in [0, 0.1) is 17.5 Å². The van der Waals surface area contributed by atoms with Gasteiger partial charge < -0.3 is 4.90 Å². The Morgan fingerprint density at radius 3 is 2.39 bits per heavy atom. The van der Waals surface area contributed by atoms with Crippen LogP contribution in [0.1, 0.15) is 38.2 Å². The summed E-state index contributed by atoms with van der Waals surface area (Å²) < 4.78 is 40.6. The van der Waals surface area contributed by atoms with Crippen molar-refractivity contribution in [2.75, 3.05) is 18.0 Å². The Morgan fingerprint density at radius 2 is 1.75 bits per heavy atom. The maximum absolute atomic E-state index is 13.9. The molecule has 1 amide bonds. The third kappa shape index (κ3) is 4.73. The number of carbonyl (C=O) groups is 1. The number of anilines is 1. The minimum absolute atomic E-state index is 0.0121. The van der Waals surface area contributed by atoms with Crippen LogP contribution >= 0.6 is 0 Å². The van der Waals surface area contributed by atoms with Gasteiger partial charge in [-0.15, -0.1) is 0 Å². The second-order valence-corrected chi connectivity index (χ2v) is 7.21. The summed E-state index contributed by atoms with van der Waals surface area (Å²) in [6.07, 6.45) is 2.63. The zero-order valence-electron chi connectivity index (χ0n) is 16.0. The summed E-state index contributed by atoms with van der Waals surface area (Å²) >= 11 is 0. The number of hydrogen-bond acceptors (Lipinski definition) is 2. The highest BCUT2D eigenvalue weighted by Crippen LogP contribution is 2.26. The fourth-order valence-electron chi connectivity index (χ4n) is 3.74. The molecule has 0 unspecified atom stereocenters. The molecule has 0 radical (unpaired) electrons. The molecule has 0 atom stereocenters. The van der Waals surface area contributed by atoms with Gasteiger partial charge in [-0.05, 0) is 49.6 Å². The molecule has 0 bridgehead atoms. The van der Waals surface area contributed by atoms with Crippen LogP contribution in [-0.4, -0.2) is 29.9 Å². The molecule has 0 spiro atoms. The molecule has 1 fully saturated rings. The van der Waals surface area contributed by atoms with Gasteiger partial charge in [0, 0.05) is 43.3 Å². The summed E-state index contributed by atoms with van der Waals surface area (Å²) in [4.78, 5) is 16.6. The summed E-state index contributed by atoms with van der Waals surface area (Å²) in [5.41, 5.74) is 1.05. The quantitative estimate of drug-likeness (QED) is 0.700. The highest BCUT2D eigenvalue weighted by molar-refractivity contribution is 5.93. The van der Waals surface area contributed by atoms with Crippen molar-refractivity contribution in [3.05, 3.63) is 65.5 Å². The summed E-state index contributed by atoms with van der Waals surface area (Å²) in [5, 5.41) is 0. The van der Waals surface area contributed by atoms with Gasteiger partial charge in [0.2, 0.25) is 5.91 Å². The van der Waals surface area contributed by atoms with Crippen molar-refractivity contribution in [1.82, 2.24) is 4.90 Å². The van der Waals surface area contributed by atoms with Gasteiger partial charge in [-0.1, -0.05) is 19.1 Å². The van der Waals surface area contributed by atoms with Crippen molar-refractivity contribution < 1.29 is 18.0 Å². The van der Waals surface area contributed by atoms with Gasteiger partial charge in [0.25, 0.3) is 0 Å². The van der Waals surface area contributed by atoms with E-state index in [1.54, 1.807) is 23.1 Å². The largest absolute Gasteiger partial charge is 0.309 e. The number of amides is 1. The van der Waals surface area contributed by atoms with Crippen LogP contribution in [0.4, 0.5) is 18.9 Å². The smallest absolute Gasteiger partial charge is 0.227 e. The van der Waals surface area contributed by atoms with Crippen LogP contribution in [-0.2, 0) is 11.3 Å². The highest BCUT2D eigenvalue weighted by atomic mass is 19.2. The van der Waals surface area contributed by atoms with E-state index in [0.29, 0.717) is 37.3 Å². The molecular weight excluding hydrogens is 365 g/mol. The Kier molecular flexibility index (Phi) is 6.73. The van der Waals surface area contributed by atoms with E-state index >= 15 is 0 Å². The lowest BCUT2D eigenvalue weighted by Gasteiger charge is -2.38. The van der Waals surface area contributed by atoms with Crippen molar-refractivity contribution in [3.8, 4) is 0 Å². The SMILES string of the molecule is CCCC(=O)N(c1ccc(F)cc1)C1CCN(Cc2cccc(F)c2F)CC1. The first-order valence-corrected chi connectivity index (χ1v) is 9.72. The molecule has 3 nitrogen and oxygen atoms in total. The van der Waals surface area contributed by atoms with Crippen LogP contribution in [0.25, 0.3) is 0 Å². The lowest BCUT2D eigenvalue weighted by Crippen LogP contribution is -2.47. The minimum Gasteiger partial charge on any atom is -0.309 e. The molecule has 6 heteroatoms. The molecule has 2 aromatic carbocycles. The number of carbonyl (C=O) groups excluding carboxylic acids is 1. The van der Waals surface area contributed by atoms with Gasteiger partial charge in [-0.25, -0.2) is 13.2 Å². The summed E-state index contributed by atoms with van der Waals surface area (Å²) in [5.74, 6) is -1.93. The van der Waals surface area contributed by atoms with Gasteiger partial charge in [-0.2, -0.15) is 0 Å². The van der Waals surface area contributed by atoms with Gasteiger partial charge in [0.1, 0.15) is 5.82 Å². The Labute approximate surface area is 163 Å². The number of hydrogen-bond donors (Lipinski definition) is 0. The molecule has 2 aromatic rings. The van der Waals surface area contributed by atoms with E-state index in [4.69, 9.17) is 0 Å². The van der Waals surface area contributed by atoms with E-state index < -0.39 is 11.6 Å². The molecule has 0 saturated carbocycles. The lowest BCUT2D eigenvalue weighted by molar-refractivity contribution is -0.119. The first-order chi connectivity index (χ1) is 13.5. The van der Waals surface area contributed by atoms with Crippen molar-refractivity contribution in [2.45, 2.75) is 45.2 Å². The van der Waals surface area contributed by atoms with E-state index in [1.807, 2.05) is 6.92 Å². The molecule has 3 rings (SSSR count). The number of rotatable bonds is 6. The molecule has 0 N–H and O–H groups in total. The van der Waals surface area contributed by atoms with Gasteiger partial charge in [0.15, 0.2) is 11.6 Å². The molecule has 150 valence electrons. The molecule has 0 aromatic heterocycles. The van der Waals surface area contributed by atoms with Crippen LogP contribution in [0.3, 0.4) is 0 Å². The first kappa shape index (κ1) is 20.4. The average Bonchev–Trinajstić information content (AvgIpc) is 2.69. The predicted octanol–water partition coefficient (Wildman–Crippen LogP) is 4.90. The molecule has 0 aliphatic carbocycles.